The molecule has 0 unspecified atom stereocenters. The van der Waals surface area contributed by atoms with Gasteiger partial charge in [-0.2, -0.15) is 0 Å². The molecule has 2 amide bonds. The summed E-state index contributed by atoms with van der Waals surface area (Å²) < 4.78 is 15.3. The number of hydrogen-bond donors (Lipinski definition) is 1. The topological polar surface area (TPSA) is 90.9 Å². The van der Waals surface area contributed by atoms with E-state index in [2.05, 4.69) is 4.74 Å². The zero-order chi connectivity index (χ0) is 16.4. The quantitative estimate of drug-likeness (QED) is 0.738. The van der Waals surface area contributed by atoms with Crippen LogP contribution in [-0.2, 0) is 9.53 Å². The zero-order valence-electron chi connectivity index (χ0n) is 12.6. The Morgan fingerprint density at radius 2 is 2.00 bits per heavy atom. The van der Waals surface area contributed by atoms with Gasteiger partial charge in [0.15, 0.2) is 12.9 Å². The third kappa shape index (κ3) is 5.82. The number of carbonyl (C=O) groups excluding carboxylic acids is 3. The highest BCUT2D eigenvalue weighted by molar-refractivity contribution is 5.92. The normalized spacial score (nSPS) is 9.73. The highest BCUT2D eigenvalue weighted by Crippen LogP contribution is 2.23. The van der Waals surface area contributed by atoms with Crippen molar-refractivity contribution in [1.82, 2.24) is 5.32 Å². The molecule has 0 aliphatic carbocycles. The van der Waals surface area contributed by atoms with Crippen LogP contribution >= 0.6 is 0 Å². The molecule has 1 aromatic rings. The van der Waals surface area contributed by atoms with Crippen molar-refractivity contribution in [2.24, 2.45) is 0 Å². The lowest BCUT2D eigenvalue weighted by molar-refractivity contribution is -0.122. The van der Waals surface area contributed by atoms with Crippen LogP contribution in [0, 0.1) is 0 Å². The van der Waals surface area contributed by atoms with Gasteiger partial charge in [0.05, 0.1) is 18.8 Å². The number of rotatable bonds is 8. The minimum atomic E-state index is -0.841. The fourth-order valence-electron chi connectivity index (χ4n) is 1.51. The van der Waals surface area contributed by atoms with E-state index in [1.54, 1.807) is 13.0 Å². The molecule has 0 atom stereocenters. The number of ether oxygens (including phenoxy) is 3. The number of nitrogens with one attached hydrogen (secondary N) is 1. The Hall–Kier alpha value is -2.57. The van der Waals surface area contributed by atoms with Gasteiger partial charge >= 0.3 is 6.09 Å². The van der Waals surface area contributed by atoms with E-state index in [1.807, 2.05) is 12.2 Å². The first-order valence-corrected chi connectivity index (χ1v) is 6.92. The van der Waals surface area contributed by atoms with Crippen LogP contribution in [0.2, 0.25) is 0 Å². The molecule has 1 rings (SSSR count). The SMILES string of the molecule is CCCOc1ccc(C=O)c(OCC(=O)NC(=O)OCC)c1. The Labute approximate surface area is 128 Å². The first kappa shape index (κ1) is 17.5. The van der Waals surface area contributed by atoms with Crippen molar-refractivity contribution in [1.29, 1.82) is 0 Å². The van der Waals surface area contributed by atoms with Crippen LogP contribution in [0.3, 0.4) is 0 Å². The summed E-state index contributed by atoms with van der Waals surface area (Å²) in [6, 6.07) is 4.71. The Bertz CT molecular complexity index is 529. The smallest absolute Gasteiger partial charge is 0.413 e. The van der Waals surface area contributed by atoms with Crippen LogP contribution in [0.1, 0.15) is 30.6 Å². The Morgan fingerprint density at radius 1 is 1.23 bits per heavy atom. The highest BCUT2D eigenvalue weighted by atomic mass is 16.5. The number of aldehydes is 1. The molecule has 0 heterocycles. The van der Waals surface area contributed by atoms with Gasteiger partial charge in [0.25, 0.3) is 5.91 Å². The highest BCUT2D eigenvalue weighted by Gasteiger charge is 2.11. The average molecular weight is 309 g/mol. The predicted molar refractivity (Wildman–Crippen MR) is 78.3 cm³/mol. The molecular formula is C15H19NO6. The minimum Gasteiger partial charge on any atom is -0.493 e. The van der Waals surface area contributed by atoms with Crippen LogP contribution in [0.15, 0.2) is 18.2 Å². The molecule has 0 aliphatic rings. The first-order chi connectivity index (χ1) is 10.6. The average Bonchev–Trinajstić information content (AvgIpc) is 2.51. The Kier molecular flexibility index (Phi) is 7.45. The summed E-state index contributed by atoms with van der Waals surface area (Å²) in [6.45, 7) is 3.86. The lowest BCUT2D eigenvalue weighted by Crippen LogP contribution is -2.34. The van der Waals surface area contributed by atoms with Crippen LogP contribution in [0.5, 0.6) is 11.5 Å². The molecule has 7 heteroatoms. The van der Waals surface area contributed by atoms with E-state index in [9.17, 15) is 14.4 Å². The van der Waals surface area contributed by atoms with Gasteiger partial charge in [-0.15, -0.1) is 0 Å². The van der Waals surface area contributed by atoms with E-state index in [0.717, 1.165) is 6.42 Å². The number of alkyl carbamates (subject to hydrolysis) is 1. The van der Waals surface area contributed by atoms with Gasteiger partial charge in [-0.3, -0.25) is 14.9 Å². The standard InChI is InChI=1S/C15H19NO6/c1-3-7-21-12-6-5-11(9-17)13(8-12)22-10-14(18)16-15(19)20-4-2/h5-6,8-9H,3-4,7,10H2,1-2H3,(H,16,18,19). The van der Waals surface area contributed by atoms with Gasteiger partial charge < -0.3 is 14.2 Å². The third-order valence-corrected chi connectivity index (χ3v) is 2.46. The number of amides is 2. The lowest BCUT2D eigenvalue weighted by atomic mass is 10.2. The molecule has 0 aromatic heterocycles. The van der Waals surface area contributed by atoms with Crippen molar-refractivity contribution >= 4 is 18.3 Å². The summed E-state index contributed by atoms with van der Waals surface area (Å²) in [5.41, 5.74) is 0.285. The maximum absolute atomic E-state index is 11.5. The number of benzene rings is 1. The van der Waals surface area contributed by atoms with Crippen LogP contribution in [0.4, 0.5) is 4.79 Å². The van der Waals surface area contributed by atoms with Gasteiger partial charge in [-0.25, -0.2) is 4.79 Å². The van der Waals surface area contributed by atoms with E-state index >= 15 is 0 Å². The summed E-state index contributed by atoms with van der Waals surface area (Å²) in [7, 11) is 0. The number of imide groups is 1. The minimum absolute atomic E-state index is 0.159. The molecule has 0 aliphatic heterocycles. The molecular weight excluding hydrogens is 290 g/mol. The molecule has 120 valence electrons. The van der Waals surface area contributed by atoms with E-state index in [1.165, 1.54) is 12.1 Å². The molecule has 0 saturated heterocycles. The van der Waals surface area contributed by atoms with Crippen molar-refractivity contribution in [2.45, 2.75) is 20.3 Å². The van der Waals surface area contributed by atoms with Crippen molar-refractivity contribution in [3.05, 3.63) is 23.8 Å². The first-order valence-electron chi connectivity index (χ1n) is 6.92. The molecule has 7 nitrogen and oxygen atoms in total. The second kappa shape index (κ2) is 9.38. The predicted octanol–water partition coefficient (Wildman–Crippen LogP) is 1.94. The molecule has 0 bridgehead atoms. The summed E-state index contributed by atoms with van der Waals surface area (Å²) in [4.78, 5) is 33.5. The van der Waals surface area contributed by atoms with Crippen molar-refractivity contribution in [2.75, 3.05) is 19.8 Å². The zero-order valence-corrected chi connectivity index (χ0v) is 12.6. The summed E-state index contributed by atoms with van der Waals surface area (Å²) in [5.74, 6) is 0.0750. The van der Waals surface area contributed by atoms with Crippen molar-refractivity contribution < 1.29 is 28.6 Å². The van der Waals surface area contributed by atoms with Crippen molar-refractivity contribution in [3.63, 3.8) is 0 Å². The Balaban J connectivity index is 2.64. The van der Waals surface area contributed by atoms with Crippen LogP contribution in [-0.4, -0.2) is 38.1 Å². The fourth-order valence-corrected chi connectivity index (χ4v) is 1.51. The Morgan fingerprint density at radius 3 is 2.64 bits per heavy atom. The molecule has 1 aromatic carbocycles. The largest absolute Gasteiger partial charge is 0.493 e. The van der Waals surface area contributed by atoms with E-state index in [0.29, 0.717) is 18.6 Å². The van der Waals surface area contributed by atoms with Gasteiger partial charge in [-0.1, -0.05) is 6.92 Å². The molecule has 1 N–H and O–H groups in total. The van der Waals surface area contributed by atoms with E-state index in [4.69, 9.17) is 9.47 Å². The molecule has 0 fully saturated rings. The molecule has 0 spiro atoms. The second-order valence-electron chi connectivity index (χ2n) is 4.22. The van der Waals surface area contributed by atoms with Crippen LogP contribution in [0.25, 0.3) is 0 Å². The van der Waals surface area contributed by atoms with Gasteiger partial charge in [0.1, 0.15) is 11.5 Å². The maximum atomic E-state index is 11.5. The number of carbonyl (C=O) groups is 3. The third-order valence-electron chi connectivity index (χ3n) is 2.46. The summed E-state index contributed by atoms with van der Waals surface area (Å²) in [5, 5.41) is 1.99. The van der Waals surface area contributed by atoms with Crippen molar-refractivity contribution in [3.8, 4) is 11.5 Å². The van der Waals surface area contributed by atoms with Gasteiger partial charge in [-0.05, 0) is 25.5 Å². The molecule has 0 saturated carbocycles. The fraction of sp³-hybridized carbons (Fsp3) is 0.400. The monoisotopic (exact) mass is 309 g/mol. The molecule has 22 heavy (non-hydrogen) atoms. The number of hydrogen-bond acceptors (Lipinski definition) is 6. The van der Waals surface area contributed by atoms with E-state index < -0.39 is 18.6 Å². The molecule has 0 radical (unpaired) electrons. The summed E-state index contributed by atoms with van der Waals surface area (Å²) in [6.07, 6.45) is 0.613. The maximum Gasteiger partial charge on any atom is 0.413 e. The van der Waals surface area contributed by atoms with Gasteiger partial charge in [0, 0.05) is 6.07 Å². The second-order valence-corrected chi connectivity index (χ2v) is 4.22. The van der Waals surface area contributed by atoms with Gasteiger partial charge in [0.2, 0.25) is 0 Å². The van der Waals surface area contributed by atoms with E-state index in [-0.39, 0.29) is 17.9 Å². The summed E-state index contributed by atoms with van der Waals surface area (Å²) >= 11 is 0. The lowest BCUT2D eigenvalue weighted by Gasteiger charge is -2.11. The van der Waals surface area contributed by atoms with Crippen LogP contribution < -0.4 is 14.8 Å².